The van der Waals surface area contributed by atoms with Gasteiger partial charge >= 0.3 is 0 Å². The lowest BCUT2D eigenvalue weighted by molar-refractivity contribution is -0.112. The molecular weight excluding hydrogens is 544 g/mol. The summed E-state index contributed by atoms with van der Waals surface area (Å²) in [4.78, 5) is 12.8. The number of rotatable bonds is 6. The lowest BCUT2D eigenvalue weighted by Gasteiger charge is -2.12. The van der Waals surface area contributed by atoms with E-state index in [2.05, 4.69) is 37.2 Å². The zero-order chi connectivity index (χ0) is 23.2. The highest BCUT2D eigenvalue weighted by molar-refractivity contribution is 9.11. The molecule has 0 saturated heterocycles. The quantitative estimate of drug-likeness (QED) is 0.196. The monoisotopic (exact) mass is 560 g/mol. The van der Waals surface area contributed by atoms with Crippen molar-refractivity contribution < 1.29 is 9.53 Å². The Labute approximate surface area is 208 Å². The largest absolute Gasteiger partial charge is 0.487 e. The number of carbonyl (C=O) groups excluding carboxylic acids is 1. The van der Waals surface area contributed by atoms with Crippen molar-refractivity contribution in [1.82, 2.24) is 0 Å². The van der Waals surface area contributed by atoms with E-state index in [1.54, 1.807) is 6.08 Å². The molecular formula is C27H18Br2N2O2. The molecule has 162 valence electrons. The van der Waals surface area contributed by atoms with E-state index in [4.69, 9.17) is 4.74 Å². The zero-order valence-electron chi connectivity index (χ0n) is 17.4. The van der Waals surface area contributed by atoms with Crippen molar-refractivity contribution in [2.45, 2.75) is 6.61 Å². The molecule has 0 fully saturated rings. The molecule has 1 amide bonds. The second-order valence-corrected chi connectivity index (χ2v) is 8.95. The van der Waals surface area contributed by atoms with Crippen molar-refractivity contribution in [3.05, 3.63) is 111 Å². The Morgan fingerprint density at radius 2 is 1.61 bits per heavy atom. The van der Waals surface area contributed by atoms with Crippen LogP contribution in [0.5, 0.6) is 5.75 Å². The van der Waals surface area contributed by atoms with E-state index in [0.29, 0.717) is 32.6 Å². The molecule has 0 atom stereocenters. The molecule has 6 heteroatoms. The Morgan fingerprint density at radius 1 is 0.939 bits per heavy atom. The molecule has 0 heterocycles. The summed E-state index contributed by atoms with van der Waals surface area (Å²) in [5.74, 6) is 0.181. The van der Waals surface area contributed by atoms with Crippen LogP contribution in [0.25, 0.3) is 16.8 Å². The van der Waals surface area contributed by atoms with E-state index in [9.17, 15) is 10.1 Å². The fourth-order valence-electron chi connectivity index (χ4n) is 3.37. The molecule has 1 N–H and O–H groups in total. The number of amides is 1. The normalized spacial score (nSPS) is 11.1. The first-order valence-corrected chi connectivity index (χ1v) is 11.7. The van der Waals surface area contributed by atoms with Crippen molar-refractivity contribution in [2.24, 2.45) is 0 Å². The topological polar surface area (TPSA) is 62.1 Å². The van der Waals surface area contributed by atoms with Gasteiger partial charge in [-0.25, -0.2) is 0 Å². The average molecular weight is 562 g/mol. The lowest BCUT2D eigenvalue weighted by Crippen LogP contribution is -2.13. The zero-order valence-corrected chi connectivity index (χ0v) is 20.6. The number of fused-ring (bicyclic) bond motifs is 1. The van der Waals surface area contributed by atoms with E-state index in [0.717, 1.165) is 16.3 Å². The number of anilines is 1. The first-order valence-electron chi connectivity index (χ1n) is 10.1. The van der Waals surface area contributed by atoms with Gasteiger partial charge in [0, 0.05) is 11.1 Å². The molecule has 0 aliphatic rings. The SMILES string of the molecule is N#C/C(=C\c1cc(Br)c(OCc2ccccc2)c(Br)c1)C(=O)Nc1cccc2ccccc12. The number of hydrogen-bond donors (Lipinski definition) is 1. The van der Waals surface area contributed by atoms with Gasteiger partial charge in [-0.05, 0) is 72.6 Å². The summed E-state index contributed by atoms with van der Waals surface area (Å²) < 4.78 is 7.38. The van der Waals surface area contributed by atoms with Crippen LogP contribution in [-0.4, -0.2) is 5.91 Å². The fraction of sp³-hybridized carbons (Fsp3) is 0.0370. The van der Waals surface area contributed by atoms with Crippen LogP contribution in [-0.2, 0) is 11.4 Å². The minimum absolute atomic E-state index is 0.000289. The number of carbonyl (C=O) groups is 1. The number of nitrogens with zero attached hydrogens (tertiary/aromatic N) is 1. The smallest absolute Gasteiger partial charge is 0.266 e. The van der Waals surface area contributed by atoms with Crippen molar-refractivity contribution in [3.63, 3.8) is 0 Å². The first-order chi connectivity index (χ1) is 16.0. The van der Waals surface area contributed by atoms with Crippen LogP contribution >= 0.6 is 31.9 Å². The number of ether oxygens (including phenoxy) is 1. The van der Waals surface area contributed by atoms with Gasteiger partial charge in [-0.2, -0.15) is 5.26 Å². The number of hydrogen-bond acceptors (Lipinski definition) is 3. The van der Waals surface area contributed by atoms with Gasteiger partial charge in [-0.3, -0.25) is 4.79 Å². The Kier molecular flexibility index (Phi) is 7.23. The van der Waals surface area contributed by atoms with Crippen LogP contribution in [0.2, 0.25) is 0 Å². The van der Waals surface area contributed by atoms with Gasteiger partial charge in [0.15, 0.2) is 0 Å². The van der Waals surface area contributed by atoms with Crippen molar-refractivity contribution in [1.29, 1.82) is 5.26 Å². The molecule has 4 nitrogen and oxygen atoms in total. The summed E-state index contributed by atoms with van der Waals surface area (Å²) in [5.41, 5.74) is 2.40. The molecule has 0 bridgehead atoms. The van der Waals surface area contributed by atoms with Gasteiger partial charge in [0.05, 0.1) is 8.95 Å². The summed E-state index contributed by atoms with van der Waals surface area (Å²) in [6, 6.07) is 28.9. The maximum Gasteiger partial charge on any atom is 0.266 e. The van der Waals surface area contributed by atoms with Gasteiger partial charge in [0.2, 0.25) is 0 Å². The average Bonchev–Trinajstić information content (AvgIpc) is 2.83. The lowest BCUT2D eigenvalue weighted by atomic mass is 10.1. The second kappa shape index (κ2) is 10.5. The number of nitriles is 1. The van der Waals surface area contributed by atoms with Gasteiger partial charge in [-0.15, -0.1) is 0 Å². The van der Waals surface area contributed by atoms with Crippen LogP contribution in [0.4, 0.5) is 5.69 Å². The molecule has 0 unspecified atom stereocenters. The number of nitrogens with one attached hydrogen (secondary N) is 1. The van der Waals surface area contributed by atoms with E-state index in [1.165, 1.54) is 0 Å². The molecule has 0 aromatic heterocycles. The van der Waals surface area contributed by atoms with Crippen LogP contribution < -0.4 is 10.1 Å². The second-order valence-electron chi connectivity index (χ2n) is 7.24. The third-order valence-electron chi connectivity index (χ3n) is 4.96. The fourth-order valence-corrected chi connectivity index (χ4v) is 4.82. The standard InChI is InChI=1S/C27H18Br2N2O2/c28-23-14-19(15-24(29)26(23)33-17-18-7-2-1-3-8-18)13-21(16-30)27(32)31-25-12-6-10-20-9-4-5-11-22(20)25/h1-15H,17H2,(H,31,32)/b21-13+. The molecule has 0 spiro atoms. The summed E-state index contributed by atoms with van der Waals surface area (Å²) in [7, 11) is 0. The highest BCUT2D eigenvalue weighted by Gasteiger charge is 2.14. The summed E-state index contributed by atoms with van der Waals surface area (Å²) in [6.07, 6.45) is 1.55. The molecule has 0 aliphatic carbocycles. The van der Waals surface area contributed by atoms with E-state index >= 15 is 0 Å². The third kappa shape index (κ3) is 5.51. The Hall–Kier alpha value is -3.40. The van der Waals surface area contributed by atoms with Crippen LogP contribution in [0.15, 0.2) is 99.4 Å². The summed E-state index contributed by atoms with van der Waals surface area (Å²) in [6.45, 7) is 0.421. The maximum absolute atomic E-state index is 12.8. The molecule has 4 aromatic rings. The minimum Gasteiger partial charge on any atom is -0.487 e. The maximum atomic E-state index is 12.8. The Morgan fingerprint density at radius 3 is 2.33 bits per heavy atom. The summed E-state index contributed by atoms with van der Waals surface area (Å²) in [5, 5.41) is 14.4. The van der Waals surface area contributed by atoms with E-state index < -0.39 is 5.91 Å². The van der Waals surface area contributed by atoms with Gasteiger partial charge in [-0.1, -0.05) is 66.7 Å². The highest BCUT2D eigenvalue weighted by Crippen LogP contribution is 2.36. The third-order valence-corrected chi connectivity index (χ3v) is 6.14. The van der Waals surface area contributed by atoms with Crippen LogP contribution in [0.3, 0.4) is 0 Å². The van der Waals surface area contributed by atoms with E-state index in [1.807, 2.05) is 91.0 Å². The predicted octanol–water partition coefficient (Wildman–Crippen LogP) is 7.49. The Balaban J connectivity index is 1.55. The minimum atomic E-state index is -0.467. The van der Waals surface area contributed by atoms with Gasteiger partial charge in [0.25, 0.3) is 5.91 Å². The van der Waals surface area contributed by atoms with Gasteiger partial charge < -0.3 is 10.1 Å². The number of benzene rings is 4. The first kappa shape index (κ1) is 22.8. The van der Waals surface area contributed by atoms with Crippen LogP contribution in [0.1, 0.15) is 11.1 Å². The predicted molar refractivity (Wildman–Crippen MR) is 139 cm³/mol. The Bertz CT molecular complexity index is 1360. The van der Waals surface area contributed by atoms with Crippen molar-refractivity contribution in [3.8, 4) is 11.8 Å². The van der Waals surface area contributed by atoms with Crippen LogP contribution in [0, 0.1) is 11.3 Å². The molecule has 4 rings (SSSR count). The molecule has 0 radical (unpaired) electrons. The molecule has 4 aromatic carbocycles. The number of halogens is 2. The van der Waals surface area contributed by atoms with E-state index in [-0.39, 0.29) is 5.57 Å². The molecule has 33 heavy (non-hydrogen) atoms. The molecule has 0 aliphatic heterocycles. The van der Waals surface area contributed by atoms with Crippen molar-refractivity contribution in [2.75, 3.05) is 5.32 Å². The highest BCUT2D eigenvalue weighted by atomic mass is 79.9. The summed E-state index contributed by atoms with van der Waals surface area (Å²) >= 11 is 7.07. The van der Waals surface area contributed by atoms with Gasteiger partial charge in [0.1, 0.15) is 24.0 Å². The van der Waals surface area contributed by atoms with Crippen molar-refractivity contribution >= 4 is 60.3 Å². The molecule has 0 saturated carbocycles.